The molecule has 5 heteroatoms. The summed E-state index contributed by atoms with van der Waals surface area (Å²) >= 11 is 3.39. The Morgan fingerprint density at radius 1 is 1.38 bits per heavy atom. The monoisotopic (exact) mass is 350 g/mol. The predicted octanol–water partition coefficient (Wildman–Crippen LogP) is 3.45. The molecule has 0 atom stereocenters. The fraction of sp³-hybridized carbons (Fsp3) is 0.312. The van der Waals surface area contributed by atoms with E-state index >= 15 is 0 Å². The number of aliphatic hydroxyl groups excluding tert-OH is 1. The van der Waals surface area contributed by atoms with Crippen molar-refractivity contribution in [2.75, 3.05) is 11.9 Å². The van der Waals surface area contributed by atoms with Crippen LogP contribution in [0.5, 0.6) is 0 Å². The zero-order chi connectivity index (χ0) is 15.2. The quantitative estimate of drug-likeness (QED) is 0.838. The van der Waals surface area contributed by atoms with E-state index in [2.05, 4.69) is 21.2 Å². The van der Waals surface area contributed by atoms with Crippen molar-refractivity contribution in [1.29, 1.82) is 0 Å². The van der Waals surface area contributed by atoms with E-state index in [1.807, 2.05) is 48.0 Å². The van der Waals surface area contributed by atoms with E-state index < -0.39 is 0 Å². The Labute approximate surface area is 132 Å². The van der Waals surface area contributed by atoms with Gasteiger partial charge >= 0.3 is 0 Å². The molecule has 0 saturated carbocycles. The molecule has 0 aliphatic carbocycles. The third kappa shape index (κ3) is 4.19. The molecule has 2 aromatic rings. The molecular formula is C16H19BrN2O2. The lowest BCUT2D eigenvalue weighted by molar-refractivity contribution is 0.101. The van der Waals surface area contributed by atoms with Gasteiger partial charge in [0, 0.05) is 29.5 Å². The van der Waals surface area contributed by atoms with E-state index in [4.69, 9.17) is 5.11 Å². The highest BCUT2D eigenvalue weighted by molar-refractivity contribution is 9.10. The number of anilines is 1. The molecule has 0 unspecified atom stereocenters. The second kappa shape index (κ2) is 7.43. The molecule has 0 radical (unpaired) electrons. The fourth-order valence-electron chi connectivity index (χ4n) is 2.21. The summed E-state index contributed by atoms with van der Waals surface area (Å²) in [6.07, 6.45) is 3.42. The highest BCUT2D eigenvalue weighted by Gasteiger charge is 2.12. The molecular weight excluding hydrogens is 332 g/mol. The number of nitrogens with one attached hydrogen (secondary N) is 1. The first-order chi connectivity index (χ1) is 10.1. The summed E-state index contributed by atoms with van der Waals surface area (Å²) in [4.78, 5) is 12.3. The number of aliphatic hydroxyl groups is 1. The number of carbonyl (C=O) groups excluding carboxylic acids is 1. The number of rotatable bonds is 6. The Morgan fingerprint density at radius 3 is 2.90 bits per heavy atom. The molecule has 2 rings (SSSR count). The average molecular weight is 351 g/mol. The van der Waals surface area contributed by atoms with E-state index in [1.54, 1.807) is 0 Å². The number of amides is 1. The Kier molecular flexibility index (Phi) is 5.59. The van der Waals surface area contributed by atoms with Gasteiger partial charge in [0.15, 0.2) is 0 Å². The van der Waals surface area contributed by atoms with Gasteiger partial charge in [-0.15, -0.1) is 0 Å². The first kappa shape index (κ1) is 15.8. The van der Waals surface area contributed by atoms with Crippen molar-refractivity contribution in [3.63, 3.8) is 0 Å². The summed E-state index contributed by atoms with van der Waals surface area (Å²) in [5, 5.41) is 11.8. The van der Waals surface area contributed by atoms with Crippen molar-refractivity contribution in [2.45, 2.75) is 26.3 Å². The van der Waals surface area contributed by atoms with Crippen molar-refractivity contribution in [3.8, 4) is 0 Å². The largest absolute Gasteiger partial charge is 0.396 e. The van der Waals surface area contributed by atoms with Gasteiger partial charge in [-0.3, -0.25) is 4.79 Å². The number of nitrogens with zero attached hydrogens (tertiary/aromatic N) is 1. The van der Waals surface area contributed by atoms with Gasteiger partial charge in [0.1, 0.15) is 5.69 Å². The van der Waals surface area contributed by atoms with Gasteiger partial charge in [-0.25, -0.2) is 0 Å². The van der Waals surface area contributed by atoms with Crippen molar-refractivity contribution < 1.29 is 9.90 Å². The minimum Gasteiger partial charge on any atom is -0.396 e. The second-order valence-electron chi connectivity index (χ2n) is 4.81. The van der Waals surface area contributed by atoms with Crippen LogP contribution in [0.4, 0.5) is 5.69 Å². The van der Waals surface area contributed by atoms with Crippen LogP contribution in [0.25, 0.3) is 0 Å². The first-order valence-electron chi connectivity index (χ1n) is 7.01. The lowest BCUT2D eigenvalue weighted by Gasteiger charge is -2.09. The van der Waals surface area contributed by atoms with Gasteiger partial charge in [0.25, 0.3) is 5.91 Å². The molecule has 0 aliphatic rings. The minimum absolute atomic E-state index is 0.123. The van der Waals surface area contributed by atoms with Gasteiger partial charge in [0.2, 0.25) is 0 Å². The van der Waals surface area contributed by atoms with Gasteiger partial charge in [-0.05, 0) is 59.5 Å². The van der Waals surface area contributed by atoms with Crippen LogP contribution >= 0.6 is 15.9 Å². The van der Waals surface area contributed by atoms with Gasteiger partial charge in [-0.1, -0.05) is 12.1 Å². The summed E-state index contributed by atoms with van der Waals surface area (Å²) in [7, 11) is 0. The first-order valence-corrected chi connectivity index (χ1v) is 7.80. The van der Waals surface area contributed by atoms with E-state index in [0.717, 1.165) is 35.1 Å². The summed E-state index contributed by atoms with van der Waals surface area (Å²) < 4.78 is 2.79. The molecule has 0 spiro atoms. The van der Waals surface area contributed by atoms with E-state index in [0.29, 0.717) is 5.69 Å². The number of hydrogen-bond acceptors (Lipinski definition) is 2. The number of halogens is 1. The summed E-state index contributed by atoms with van der Waals surface area (Å²) in [6, 6.07) is 9.54. The van der Waals surface area contributed by atoms with Gasteiger partial charge < -0.3 is 15.0 Å². The molecule has 0 bridgehead atoms. The summed E-state index contributed by atoms with van der Waals surface area (Å²) in [5.41, 5.74) is 2.51. The van der Waals surface area contributed by atoms with Crippen LogP contribution in [-0.4, -0.2) is 22.2 Å². The maximum absolute atomic E-state index is 12.3. The van der Waals surface area contributed by atoms with E-state index in [9.17, 15) is 4.79 Å². The lowest BCUT2D eigenvalue weighted by Crippen LogP contribution is -2.16. The summed E-state index contributed by atoms with van der Waals surface area (Å²) in [5.74, 6) is -0.123. The smallest absolute Gasteiger partial charge is 0.272 e. The van der Waals surface area contributed by atoms with Crippen molar-refractivity contribution in [2.24, 2.45) is 0 Å². The fourth-order valence-corrected chi connectivity index (χ4v) is 2.67. The minimum atomic E-state index is -0.123. The predicted molar refractivity (Wildman–Crippen MR) is 87.6 cm³/mol. The number of benzene rings is 1. The standard InChI is InChI=1S/C16H19BrN2O2/c1-2-19-11-13(17)10-15(19)16(21)18-14-7-3-5-12(9-14)6-4-8-20/h3,5,7,9-11,20H,2,4,6,8H2,1H3,(H,18,21). The van der Waals surface area contributed by atoms with Crippen LogP contribution in [0.3, 0.4) is 0 Å². The Morgan fingerprint density at radius 2 is 2.19 bits per heavy atom. The Bertz CT molecular complexity index is 622. The molecule has 0 saturated heterocycles. The molecule has 0 fully saturated rings. The molecule has 2 N–H and O–H groups in total. The molecule has 0 aliphatic heterocycles. The molecule has 4 nitrogen and oxygen atoms in total. The molecule has 1 amide bonds. The molecule has 1 aromatic carbocycles. The topological polar surface area (TPSA) is 54.3 Å². The van der Waals surface area contributed by atoms with E-state index in [1.165, 1.54) is 0 Å². The van der Waals surface area contributed by atoms with E-state index in [-0.39, 0.29) is 12.5 Å². The number of carbonyl (C=O) groups is 1. The van der Waals surface area contributed by atoms with Crippen molar-refractivity contribution >= 4 is 27.5 Å². The van der Waals surface area contributed by atoms with Crippen LogP contribution in [0.1, 0.15) is 29.4 Å². The summed E-state index contributed by atoms with van der Waals surface area (Å²) in [6.45, 7) is 2.91. The molecule has 1 aromatic heterocycles. The highest BCUT2D eigenvalue weighted by Crippen LogP contribution is 2.18. The number of aryl methyl sites for hydroxylation is 2. The average Bonchev–Trinajstić information content (AvgIpc) is 2.87. The highest BCUT2D eigenvalue weighted by atomic mass is 79.9. The van der Waals surface area contributed by atoms with Crippen LogP contribution < -0.4 is 5.32 Å². The normalized spacial score (nSPS) is 10.6. The zero-order valence-corrected chi connectivity index (χ0v) is 13.6. The number of aromatic nitrogens is 1. The maximum Gasteiger partial charge on any atom is 0.272 e. The van der Waals surface area contributed by atoms with Crippen LogP contribution in [0.15, 0.2) is 41.0 Å². The van der Waals surface area contributed by atoms with Gasteiger partial charge in [-0.2, -0.15) is 0 Å². The maximum atomic E-state index is 12.3. The molecule has 112 valence electrons. The van der Waals surface area contributed by atoms with Gasteiger partial charge in [0.05, 0.1) is 0 Å². The molecule has 21 heavy (non-hydrogen) atoms. The zero-order valence-electron chi connectivity index (χ0n) is 12.0. The van der Waals surface area contributed by atoms with Crippen LogP contribution in [0, 0.1) is 0 Å². The SMILES string of the molecule is CCn1cc(Br)cc1C(=O)Nc1cccc(CCCO)c1. The second-order valence-corrected chi connectivity index (χ2v) is 5.73. The third-order valence-electron chi connectivity index (χ3n) is 3.24. The Balaban J connectivity index is 2.11. The molecule has 1 heterocycles. The van der Waals surface area contributed by atoms with Crippen LogP contribution in [0.2, 0.25) is 0 Å². The Hall–Kier alpha value is -1.59. The third-order valence-corrected chi connectivity index (χ3v) is 3.68. The van der Waals surface area contributed by atoms with Crippen LogP contribution in [-0.2, 0) is 13.0 Å². The number of hydrogen-bond donors (Lipinski definition) is 2. The lowest BCUT2D eigenvalue weighted by atomic mass is 10.1. The van der Waals surface area contributed by atoms with Crippen molar-refractivity contribution in [1.82, 2.24) is 4.57 Å². The van der Waals surface area contributed by atoms with Crippen molar-refractivity contribution in [3.05, 3.63) is 52.3 Å².